The molecule has 0 N–H and O–H groups in total. The first kappa shape index (κ1) is 10.4. The van der Waals surface area contributed by atoms with Crippen LogP contribution in [0.2, 0.25) is 0 Å². The van der Waals surface area contributed by atoms with Crippen molar-refractivity contribution in [2.75, 3.05) is 0 Å². The molecule has 0 radical (unpaired) electrons. The molecule has 82 valence electrons. The average molecular weight is 237 g/mol. The van der Waals surface area contributed by atoms with Crippen molar-refractivity contribution in [3.05, 3.63) is 60.8 Å². The van der Waals surface area contributed by atoms with Crippen LogP contribution in [-0.2, 0) is 0 Å². The predicted molar refractivity (Wildman–Crippen MR) is 74.4 cm³/mol. The summed E-state index contributed by atoms with van der Waals surface area (Å²) in [5.74, 6) is 0. The highest BCUT2D eigenvalue weighted by Gasteiger charge is 2.05. The van der Waals surface area contributed by atoms with Crippen LogP contribution in [0.5, 0.6) is 0 Å². The summed E-state index contributed by atoms with van der Waals surface area (Å²) in [6.45, 7) is 0. The molecule has 3 aromatic rings. The van der Waals surface area contributed by atoms with Crippen LogP contribution >= 0.6 is 12.6 Å². The summed E-state index contributed by atoms with van der Waals surface area (Å²) in [5, 5.41) is 3.07. The Bertz CT molecular complexity index is 662. The minimum Gasteiger partial charge on any atom is -0.249 e. The molecular formula is C15H11NS. The van der Waals surface area contributed by atoms with E-state index in [0.29, 0.717) is 0 Å². The Morgan fingerprint density at radius 1 is 0.765 bits per heavy atom. The van der Waals surface area contributed by atoms with Gasteiger partial charge in [0.2, 0.25) is 0 Å². The van der Waals surface area contributed by atoms with Gasteiger partial charge in [-0.15, -0.1) is 12.6 Å². The molecule has 0 atom stereocenters. The van der Waals surface area contributed by atoms with Gasteiger partial charge in [0.25, 0.3) is 0 Å². The largest absolute Gasteiger partial charge is 0.249 e. The van der Waals surface area contributed by atoms with Gasteiger partial charge >= 0.3 is 0 Å². The quantitative estimate of drug-likeness (QED) is 0.626. The Kier molecular flexibility index (Phi) is 2.57. The first-order chi connectivity index (χ1) is 8.36. The summed E-state index contributed by atoms with van der Waals surface area (Å²) in [7, 11) is 0. The lowest BCUT2D eigenvalue weighted by Crippen LogP contribution is -1.85. The van der Waals surface area contributed by atoms with Crippen molar-refractivity contribution >= 4 is 23.4 Å². The molecule has 3 rings (SSSR count). The Labute approximate surface area is 106 Å². The van der Waals surface area contributed by atoms with Crippen LogP contribution in [0.1, 0.15) is 0 Å². The van der Waals surface area contributed by atoms with Crippen molar-refractivity contribution < 1.29 is 0 Å². The third kappa shape index (κ3) is 1.81. The van der Waals surface area contributed by atoms with Gasteiger partial charge in [-0.25, -0.2) is 4.98 Å². The number of thiol groups is 1. The fraction of sp³-hybridized carbons (Fsp3) is 0. The lowest BCUT2D eigenvalue weighted by Gasteiger charge is -2.07. The standard InChI is InChI=1S/C15H11NS/c17-15-13-9-5-4-8-12(13)14(10-16-15)11-6-2-1-3-7-11/h1-10H,(H,16,17). The second-order valence-corrected chi connectivity index (χ2v) is 4.33. The molecule has 1 heterocycles. The zero-order valence-electron chi connectivity index (χ0n) is 9.17. The van der Waals surface area contributed by atoms with Crippen molar-refractivity contribution in [3.8, 4) is 11.1 Å². The fourth-order valence-electron chi connectivity index (χ4n) is 2.03. The van der Waals surface area contributed by atoms with E-state index in [1.54, 1.807) is 0 Å². The van der Waals surface area contributed by atoms with Crippen molar-refractivity contribution in [2.45, 2.75) is 5.03 Å². The maximum atomic E-state index is 4.40. The molecule has 0 aliphatic rings. The molecule has 0 bridgehead atoms. The van der Waals surface area contributed by atoms with Gasteiger partial charge < -0.3 is 0 Å². The van der Waals surface area contributed by atoms with Gasteiger partial charge in [-0.3, -0.25) is 0 Å². The molecule has 0 fully saturated rings. The minimum atomic E-state index is 0.778. The maximum absolute atomic E-state index is 4.40. The molecule has 1 aromatic heterocycles. The molecule has 0 amide bonds. The molecule has 0 spiro atoms. The molecule has 0 saturated heterocycles. The number of hydrogen-bond donors (Lipinski definition) is 1. The molecule has 0 aliphatic heterocycles. The van der Waals surface area contributed by atoms with Gasteiger partial charge in [0, 0.05) is 17.1 Å². The summed E-state index contributed by atoms with van der Waals surface area (Å²) < 4.78 is 0. The summed E-state index contributed by atoms with van der Waals surface area (Å²) in [5.41, 5.74) is 2.34. The number of pyridine rings is 1. The monoisotopic (exact) mass is 237 g/mol. The Balaban J connectivity index is 2.35. The van der Waals surface area contributed by atoms with Crippen LogP contribution in [0.4, 0.5) is 0 Å². The van der Waals surface area contributed by atoms with Gasteiger partial charge in [-0.05, 0) is 10.9 Å². The van der Waals surface area contributed by atoms with Crippen LogP contribution in [0.25, 0.3) is 21.9 Å². The van der Waals surface area contributed by atoms with Gasteiger partial charge in [0.05, 0.1) is 0 Å². The smallest absolute Gasteiger partial charge is 0.101 e. The second-order valence-electron chi connectivity index (χ2n) is 3.91. The van der Waals surface area contributed by atoms with E-state index in [4.69, 9.17) is 0 Å². The van der Waals surface area contributed by atoms with E-state index in [-0.39, 0.29) is 0 Å². The van der Waals surface area contributed by atoms with Crippen molar-refractivity contribution in [3.63, 3.8) is 0 Å². The molecular weight excluding hydrogens is 226 g/mol. The number of fused-ring (bicyclic) bond motifs is 1. The zero-order valence-corrected chi connectivity index (χ0v) is 10.1. The summed E-state index contributed by atoms with van der Waals surface area (Å²) >= 11 is 4.40. The Morgan fingerprint density at radius 3 is 2.18 bits per heavy atom. The van der Waals surface area contributed by atoms with Gasteiger partial charge in [-0.2, -0.15) is 0 Å². The lowest BCUT2D eigenvalue weighted by atomic mass is 10.0. The summed E-state index contributed by atoms with van der Waals surface area (Å²) in [6.07, 6.45) is 1.89. The van der Waals surface area contributed by atoms with Crippen LogP contribution in [0.15, 0.2) is 65.8 Å². The van der Waals surface area contributed by atoms with E-state index < -0.39 is 0 Å². The van der Waals surface area contributed by atoms with Gasteiger partial charge in [0.15, 0.2) is 0 Å². The average Bonchev–Trinajstić information content (AvgIpc) is 2.41. The van der Waals surface area contributed by atoms with Crippen molar-refractivity contribution in [1.29, 1.82) is 0 Å². The van der Waals surface area contributed by atoms with Crippen LogP contribution < -0.4 is 0 Å². The number of nitrogens with zero attached hydrogens (tertiary/aromatic N) is 1. The maximum Gasteiger partial charge on any atom is 0.101 e. The zero-order chi connectivity index (χ0) is 11.7. The normalized spacial score (nSPS) is 10.6. The van der Waals surface area contributed by atoms with Crippen molar-refractivity contribution in [2.24, 2.45) is 0 Å². The molecule has 0 aliphatic carbocycles. The van der Waals surface area contributed by atoms with E-state index in [0.717, 1.165) is 16.0 Å². The van der Waals surface area contributed by atoms with Crippen LogP contribution in [0, 0.1) is 0 Å². The predicted octanol–water partition coefficient (Wildman–Crippen LogP) is 4.19. The van der Waals surface area contributed by atoms with Gasteiger partial charge in [0.1, 0.15) is 5.03 Å². The molecule has 0 saturated carbocycles. The number of hydrogen-bond acceptors (Lipinski definition) is 2. The van der Waals surface area contributed by atoms with E-state index in [1.165, 1.54) is 10.9 Å². The fourth-order valence-corrected chi connectivity index (χ4v) is 2.28. The van der Waals surface area contributed by atoms with Crippen LogP contribution in [0.3, 0.4) is 0 Å². The molecule has 2 aromatic carbocycles. The van der Waals surface area contributed by atoms with Crippen molar-refractivity contribution in [1.82, 2.24) is 4.98 Å². The van der Waals surface area contributed by atoms with E-state index in [2.05, 4.69) is 41.9 Å². The lowest BCUT2D eigenvalue weighted by molar-refractivity contribution is 1.19. The third-order valence-corrected chi connectivity index (χ3v) is 3.22. The summed E-state index contributed by atoms with van der Waals surface area (Å²) in [6, 6.07) is 18.5. The van der Waals surface area contributed by atoms with Crippen LogP contribution in [-0.4, -0.2) is 4.98 Å². The highest BCUT2D eigenvalue weighted by atomic mass is 32.1. The molecule has 17 heavy (non-hydrogen) atoms. The highest BCUT2D eigenvalue weighted by molar-refractivity contribution is 7.80. The highest BCUT2D eigenvalue weighted by Crippen LogP contribution is 2.30. The number of aromatic nitrogens is 1. The number of rotatable bonds is 1. The first-order valence-electron chi connectivity index (χ1n) is 5.48. The SMILES string of the molecule is Sc1ncc(-c2ccccc2)c2ccccc12. The van der Waals surface area contributed by atoms with E-state index in [1.807, 2.05) is 36.5 Å². The molecule has 2 heteroatoms. The van der Waals surface area contributed by atoms with E-state index >= 15 is 0 Å². The number of benzene rings is 2. The van der Waals surface area contributed by atoms with Gasteiger partial charge in [-0.1, -0.05) is 54.6 Å². The Hall–Kier alpha value is -1.80. The molecule has 0 unspecified atom stereocenters. The third-order valence-electron chi connectivity index (χ3n) is 2.86. The topological polar surface area (TPSA) is 12.9 Å². The minimum absolute atomic E-state index is 0.778. The molecule has 1 nitrogen and oxygen atoms in total. The van der Waals surface area contributed by atoms with E-state index in [9.17, 15) is 0 Å². The summed E-state index contributed by atoms with van der Waals surface area (Å²) in [4.78, 5) is 4.35. The Morgan fingerprint density at radius 2 is 1.41 bits per heavy atom. The second kappa shape index (κ2) is 4.22. The first-order valence-corrected chi connectivity index (χ1v) is 5.93.